The number of rotatable bonds is 5. The van der Waals surface area contributed by atoms with Crippen LogP contribution in [0.25, 0.3) is 16.6 Å². The Kier molecular flexibility index (Phi) is 6.81. The number of benzene rings is 2. The van der Waals surface area contributed by atoms with Crippen molar-refractivity contribution in [2.45, 2.75) is 24.6 Å². The number of nitrogens with zero attached hydrogens (tertiary/aromatic N) is 5. The number of alkyl halides is 5. The van der Waals surface area contributed by atoms with Gasteiger partial charge in [-0.05, 0) is 30.3 Å². The van der Waals surface area contributed by atoms with Crippen molar-refractivity contribution in [1.29, 1.82) is 0 Å². The van der Waals surface area contributed by atoms with Gasteiger partial charge in [-0.2, -0.15) is 13.2 Å². The smallest absolute Gasteiger partial charge is 0.463 e. The summed E-state index contributed by atoms with van der Waals surface area (Å²) in [5, 5.41) is 7.59. The van der Waals surface area contributed by atoms with E-state index < -0.39 is 67.0 Å². The number of hydrogen-bond donors (Lipinski definition) is 0. The third-order valence-corrected chi connectivity index (χ3v) is 6.02. The van der Waals surface area contributed by atoms with E-state index in [4.69, 9.17) is 4.74 Å². The maximum absolute atomic E-state index is 14.9. The van der Waals surface area contributed by atoms with E-state index in [2.05, 4.69) is 20.0 Å². The number of amides is 1. The number of likely N-dealkylation sites (tertiary alicyclic amines) is 1. The molecule has 5 rings (SSSR count). The minimum atomic E-state index is -5.38. The summed E-state index contributed by atoms with van der Waals surface area (Å²) in [5.41, 5.74) is 0.155. The van der Waals surface area contributed by atoms with E-state index in [1.165, 1.54) is 35.3 Å². The van der Waals surface area contributed by atoms with Crippen molar-refractivity contribution in [3.8, 4) is 17.3 Å². The monoisotopic (exact) mass is 565 g/mol. The number of ether oxygens (including phenoxy) is 2. The zero-order chi connectivity index (χ0) is 28.7. The van der Waals surface area contributed by atoms with Gasteiger partial charge in [0.15, 0.2) is 11.9 Å². The number of halogens is 6. The van der Waals surface area contributed by atoms with Crippen molar-refractivity contribution in [1.82, 2.24) is 24.9 Å². The minimum Gasteiger partial charge on any atom is -0.463 e. The lowest BCUT2D eigenvalue weighted by Crippen LogP contribution is -2.55. The molecule has 2 aromatic carbocycles. The van der Waals surface area contributed by atoms with Gasteiger partial charge in [0.25, 0.3) is 17.7 Å². The fourth-order valence-electron chi connectivity index (χ4n) is 4.07. The van der Waals surface area contributed by atoms with Crippen LogP contribution in [-0.4, -0.2) is 68.0 Å². The zero-order valence-electron chi connectivity index (χ0n) is 20.1. The first kappa shape index (κ1) is 26.9. The van der Waals surface area contributed by atoms with E-state index in [0.29, 0.717) is 0 Å². The molecule has 0 aliphatic carbocycles. The maximum atomic E-state index is 14.9. The van der Waals surface area contributed by atoms with Crippen molar-refractivity contribution in [2.24, 2.45) is 0 Å². The lowest BCUT2D eigenvalue weighted by Gasteiger charge is -2.38. The second kappa shape index (κ2) is 10.1. The first-order valence-electron chi connectivity index (χ1n) is 11.6. The Morgan fingerprint density at radius 3 is 2.58 bits per heavy atom. The Morgan fingerprint density at radius 1 is 1.07 bits per heavy atom. The molecule has 15 heteroatoms. The highest BCUT2D eigenvalue weighted by Crippen LogP contribution is 2.37. The molecular weight excluding hydrogens is 548 g/mol. The fraction of sp³-hybridized carbons (Fsp3) is 0.240. The summed E-state index contributed by atoms with van der Waals surface area (Å²) in [6, 6.07) is 10.3. The van der Waals surface area contributed by atoms with Gasteiger partial charge in [0.05, 0.1) is 30.1 Å². The van der Waals surface area contributed by atoms with Gasteiger partial charge in [0.2, 0.25) is 0 Å². The molecule has 0 bridgehead atoms. The van der Waals surface area contributed by atoms with Crippen molar-refractivity contribution in [2.75, 3.05) is 13.1 Å². The van der Waals surface area contributed by atoms with E-state index in [1.807, 2.05) is 0 Å². The van der Waals surface area contributed by atoms with Crippen molar-refractivity contribution in [3.63, 3.8) is 0 Å². The summed E-state index contributed by atoms with van der Waals surface area (Å²) < 4.78 is 93.8. The Labute approximate surface area is 220 Å². The molecule has 1 aliphatic heterocycles. The lowest BCUT2D eigenvalue weighted by atomic mass is 10.0. The van der Waals surface area contributed by atoms with Crippen LogP contribution >= 0.6 is 0 Å². The van der Waals surface area contributed by atoms with E-state index in [9.17, 15) is 35.9 Å². The first-order chi connectivity index (χ1) is 18.9. The van der Waals surface area contributed by atoms with Crippen LogP contribution in [0.5, 0.6) is 11.6 Å². The van der Waals surface area contributed by atoms with Gasteiger partial charge >= 0.3 is 12.1 Å². The molecule has 4 aromatic rings. The van der Waals surface area contributed by atoms with Crippen LogP contribution in [-0.2, 0) is 4.79 Å². The highest BCUT2D eigenvalue weighted by molar-refractivity contribution is 5.95. The zero-order valence-corrected chi connectivity index (χ0v) is 20.1. The van der Waals surface area contributed by atoms with Gasteiger partial charge in [0, 0.05) is 23.9 Å². The van der Waals surface area contributed by atoms with Crippen LogP contribution in [0.2, 0.25) is 0 Å². The predicted molar refractivity (Wildman–Crippen MR) is 125 cm³/mol. The number of aromatic nitrogens is 4. The molecule has 9 nitrogen and oxygen atoms in total. The number of pyridine rings is 1. The molecule has 1 amide bonds. The average molecular weight is 565 g/mol. The van der Waals surface area contributed by atoms with Gasteiger partial charge < -0.3 is 14.4 Å². The molecule has 0 radical (unpaired) electrons. The number of hydrogen-bond acceptors (Lipinski definition) is 7. The largest absolute Gasteiger partial charge is 0.491 e. The fourth-order valence-corrected chi connectivity index (χ4v) is 4.07. The number of esters is 1. The van der Waals surface area contributed by atoms with E-state index in [-0.39, 0.29) is 22.2 Å². The standard InChI is InChI=1S/C25H17F6N5O4/c26-16-9-15(10-17(12-16)36-8-6-32-34-36)22(37)35-7-5-24(27,28)20(13-35)40-21-19(39-23(38)25(29,30)31)11-14-3-1-2-4-18(14)33-21/h1-4,6,8-12,20H,5,7,13H2/t20-/m0/s1. The van der Waals surface area contributed by atoms with Crippen LogP contribution in [0, 0.1) is 5.82 Å². The molecular formula is C25H17F6N5O4. The summed E-state index contributed by atoms with van der Waals surface area (Å²) >= 11 is 0. The SMILES string of the molecule is O=C(c1cc(F)cc(-n2ccnn2)c1)N1CCC(F)(F)[C@@H](Oc2nc3ccccc3cc2OC(=O)C(F)(F)F)C1. The van der Waals surface area contributed by atoms with Gasteiger partial charge in [-0.1, -0.05) is 23.4 Å². The van der Waals surface area contributed by atoms with Crippen LogP contribution in [0.15, 0.2) is 60.9 Å². The Morgan fingerprint density at radius 2 is 1.85 bits per heavy atom. The number of carbonyl (C=O) groups excluding carboxylic acids is 2. The van der Waals surface area contributed by atoms with Gasteiger partial charge in [-0.3, -0.25) is 4.79 Å². The molecule has 1 saturated heterocycles. The van der Waals surface area contributed by atoms with Crippen LogP contribution < -0.4 is 9.47 Å². The highest BCUT2D eigenvalue weighted by Gasteiger charge is 2.48. The summed E-state index contributed by atoms with van der Waals surface area (Å²) in [6.45, 7) is -1.16. The predicted octanol–water partition coefficient (Wildman–Crippen LogP) is 4.35. The van der Waals surface area contributed by atoms with E-state index >= 15 is 0 Å². The topological polar surface area (TPSA) is 99.4 Å². The lowest BCUT2D eigenvalue weighted by molar-refractivity contribution is -0.190. The molecule has 0 saturated carbocycles. The summed E-state index contributed by atoms with van der Waals surface area (Å²) in [5.74, 6) is -9.38. The molecule has 3 heterocycles. The Balaban J connectivity index is 1.44. The minimum absolute atomic E-state index is 0.160. The van der Waals surface area contributed by atoms with Crippen molar-refractivity contribution >= 4 is 22.8 Å². The first-order valence-corrected chi connectivity index (χ1v) is 11.6. The molecule has 1 fully saturated rings. The molecule has 2 aromatic heterocycles. The molecule has 0 N–H and O–H groups in total. The van der Waals surface area contributed by atoms with E-state index in [0.717, 1.165) is 23.1 Å². The van der Waals surface area contributed by atoms with Gasteiger partial charge in [-0.25, -0.2) is 27.6 Å². The Hall–Kier alpha value is -4.69. The molecule has 0 spiro atoms. The van der Waals surface area contributed by atoms with Crippen LogP contribution in [0.3, 0.4) is 0 Å². The van der Waals surface area contributed by atoms with Crippen molar-refractivity contribution in [3.05, 3.63) is 72.3 Å². The number of piperidine rings is 1. The number of carbonyl (C=O) groups is 2. The van der Waals surface area contributed by atoms with Gasteiger partial charge in [0.1, 0.15) is 5.82 Å². The number of fused-ring (bicyclic) bond motifs is 1. The molecule has 1 aliphatic rings. The number of para-hydroxylation sites is 1. The molecule has 208 valence electrons. The quantitative estimate of drug-likeness (QED) is 0.262. The second-order valence-corrected chi connectivity index (χ2v) is 8.79. The highest BCUT2D eigenvalue weighted by atomic mass is 19.4. The van der Waals surface area contributed by atoms with E-state index in [1.54, 1.807) is 12.1 Å². The second-order valence-electron chi connectivity index (χ2n) is 8.79. The summed E-state index contributed by atoms with van der Waals surface area (Å²) in [6.07, 6.45) is -5.60. The van der Waals surface area contributed by atoms with Crippen LogP contribution in [0.4, 0.5) is 26.3 Å². The van der Waals surface area contributed by atoms with Crippen LogP contribution in [0.1, 0.15) is 16.8 Å². The summed E-state index contributed by atoms with van der Waals surface area (Å²) in [7, 11) is 0. The average Bonchev–Trinajstić information content (AvgIpc) is 3.44. The molecule has 40 heavy (non-hydrogen) atoms. The Bertz CT molecular complexity index is 1580. The normalized spacial score (nSPS) is 17.1. The van der Waals surface area contributed by atoms with Gasteiger partial charge in [-0.15, -0.1) is 5.10 Å². The van der Waals surface area contributed by atoms with Crippen molar-refractivity contribution < 1.29 is 45.4 Å². The maximum Gasteiger partial charge on any atom is 0.491 e. The third-order valence-electron chi connectivity index (χ3n) is 6.02. The molecule has 1 atom stereocenters. The summed E-state index contributed by atoms with van der Waals surface area (Å²) in [4.78, 5) is 29.7. The molecule has 0 unspecified atom stereocenters. The third kappa shape index (κ3) is 5.53.